The van der Waals surface area contributed by atoms with Gasteiger partial charge in [0, 0.05) is 13.0 Å². The van der Waals surface area contributed by atoms with E-state index in [2.05, 4.69) is 50.3 Å². The SMILES string of the molecule is CCCCCCC/C=C\C/C=C\C/C=C\CCCCCCCCCCCOCC(CO)OC(=O)CCCCCCCCCCCCC. The molecule has 276 valence electrons. The Labute approximate surface area is 293 Å². The van der Waals surface area contributed by atoms with Crippen LogP contribution in [0.15, 0.2) is 36.5 Å². The highest BCUT2D eigenvalue weighted by Crippen LogP contribution is 2.14. The van der Waals surface area contributed by atoms with Gasteiger partial charge in [-0.1, -0.05) is 185 Å². The number of unbranched alkanes of at least 4 members (excludes halogenated alkanes) is 24. The van der Waals surface area contributed by atoms with E-state index in [1.165, 1.54) is 154 Å². The Hall–Kier alpha value is -1.39. The van der Waals surface area contributed by atoms with E-state index in [0.29, 0.717) is 19.6 Å². The molecule has 0 aliphatic rings. The van der Waals surface area contributed by atoms with Crippen molar-refractivity contribution >= 4 is 5.97 Å². The first-order chi connectivity index (χ1) is 23.2. The minimum absolute atomic E-state index is 0.172. The van der Waals surface area contributed by atoms with Crippen LogP contribution in [0.5, 0.6) is 0 Å². The number of hydrogen-bond acceptors (Lipinski definition) is 4. The fourth-order valence-electron chi connectivity index (χ4n) is 5.86. The number of allylic oxidation sites excluding steroid dienone is 6. The number of aliphatic hydroxyl groups excluding tert-OH is 1. The summed E-state index contributed by atoms with van der Waals surface area (Å²) >= 11 is 0. The van der Waals surface area contributed by atoms with Gasteiger partial charge >= 0.3 is 5.97 Å². The van der Waals surface area contributed by atoms with Gasteiger partial charge in [0.2, 0.25) is 0 Å². The average Bonchev–Trinajstić information content (AvgIpc) is 3.08. The lowest BCUT2D eigenvalue weighted by Crippen LogP contribution is -2.27. The lowest BCUT2D eigenvalue weighted by molar-refractivity contribution is -0.154. The Balaban J connectivity index is 3.42. The molecule has 0 bridgehead atoms. The Morgan fingerprint density at radius 2 is 0.894 bits per heavy atom. The minimum Gasteiger partial charge on any atom is -0.457 e. The van der Waals surface area contributed by atoms with Gasteiger partial charge in [-0.15, -0.1) is 0 Å². The number of ether oxygens (including phenoxy) is 2. The fourth-order valence-corrected chi connectivity index (χ4v) is 5.86. The van der Waals surface area contributed by atoms with Crippen LogP contribution in [-0.4, -0.2) is 37.0 Å². The second-order valence-electron chi connectivity index (χ2n) is 13.7. The van der Waals surface area contributed by atoms with E-state index in [-0.39, 0.29) is 12.6 Å². The summed E-state index contributed by atoms with van der Waals surface area (Å²) in [6, 6.07) is 0. The number of rotatable bonds is 38. The Kier molecular flexibility index (Phi) is 39.6. The molecule has 0 aliphatic carbocycles. The van der Waals surface area contributed by atoms with E-state index in [1.54, 1.807) is 0 Å². The van der Waals surface area contributed by atoms with Gasteiger partial charge in [-0.2, -0.15) is 0 Å². The summed E-state index contributed by atoms with van der Waals surface area (Å²) in [5, 5.41) is 9.56. The van der Waals surface area contributed by atoms with Gasteiger partial charge in [0.1, 0.15) is 6.10 Å². The summed E-state index contributed by atoms with van der Waals surface area (Å²) in [7, 11) is 0. The molecule has 0 spiro atoms. The summed E-state index contributed by atoms with van der Waals surface area (Å²) in [5.41, 5.74) is 0. The largest absolute Gasteiger partial charge is 0.457 e. The summed E-state index contributed by atoms with van der Waals surface area (Å²) in [6.45, 7) is 5.33. The topological polar surface area (TPSA) is 55.8 Å². The molecule has 4 heteroatoms. The van der Waals surface area contributed by atoms with Crippen molar-refractivity contribution in [2.45, 2.75) is 213 Å². The molecule has 4 nitrogen and oxygen atoms in total. The van der Waals surface area contributed by atoms with Gasteiger partial charge in [-0.3, -0.25) is 4.79 Å². The van der Waals surface area contributed by atoms with E-state index in [4.69, 9.17) is 9.47 Å². The molecule has 0 saturated carbocycles. The molecule has 1 atom stereocenters. The molecule has 0 aliphatic heterocycles. The van der Waals surface area contributed by atoms with Crippen molar-refractivity contribution in [3.8, 4) is 0 Å². The number of carbonyl (C=O) groups is 1. The van der Waals surface area contributed by atoms with Gasteiger partial charge in [-0.25, -0.2) is 0 Å². The number of carbonyl (C=O) groups excluding carboxylic acids is 1. The molecule has 0 rings (SSSR count). The summed E-state index contributed by atoms with van der Waals surface area (Å²) in [6.07, 6.45) is 50.6. The highest BCUT2D eigenvalue weighted by Gasteiger charge is 2.13. The predicted octanol–water partition coefficient (Wildman–Crippen LogP) is 13.3. The molecule has 0 radical (unpaired) electrons. The maximum Gasteiger partial charge on any atom is 0.306 e. The standard InChI is InChI=1S/C43H80O4/c1-3-5-7-9-11-13-15-16-17-18-19-20-21-22-23-24-25-26-27-29-31-33-35-37-39-46-41-42(40-44)47-43(45)38-36-34-32-30-28-14-12-10-8-6-4-2/h15-16,18-19,21-22,42,44H,3-14,17,20,23-41H2,1-2H3/b16-15-,19-18-,22-21-. The summed E-state index contributed by atoms with van der Waals surface area (Å²) in [4.78, 5) is 12.1. The Morgan fingerprint density at radius 3 is 1.34 bits per heavy atom. The van der Waals surface area contributed by atoms with Crippen molar-refractivity contribution in [1.29, 1.82) is 0 Å². The zero-order chi connectivity index (χ0) is 34.1. The first-order valence-electron chi connectivity index (χ1n) is 20.6. The Bertz CT molecular complexity index is 698. The second-order valence-corrected chi connectivity index (χ2v) is 13.7. The minimum atomic E-state index is -0.533. The van der Waals surface area contributed by atoms with Crippen LogP contribution in [0.4, 0.5) is 0 Å². The first-order valence-corrected chi connectivity index (χ1v) is 20.6. The fraction of sp³-hybridized carbons (Fsp3) is 0.837. The highest BCUT2D eigenvalue weighted by molar-refractivity contribution is 5.69. The van der Waals surface area contributed by atoms with Crippen LogP contribution < -0.4 is 0 Å². The van der Waals surface area contributed by atoms with Crippen molar-refractivity contribution in [1.82, 2.24) is 0 Å². The molecular formula is C43H80O4. The van der Waals surface area contributed by atoms with E-state index in [0.717, 1.165) is 32.1 Å². The van der Waals surface area contributed by atoms with Crippen LogP contribution in [0.25, 0.3) is 0 Å². The van der Waals surface area contributed by atoms with Crippen LogP contribution in [-0.2, 0) is 14.3 Å². The molecule has 0 amide bonds. The van der Waals surface area contributed by atoms with Gasteiger partial charge in [0.15, 0.2) is 0 Å². The average molecular weight is 661 g/mol. The Morgan fingerprint density at radius 1 is 0.511 bits per heavy atom. The molecule has 0 aromatic rings. The van der Waals surface area contributed by atoms with Gasteiger partial charge in [0.05, 0.1) is 13.2 Å². The van der Waals surface area contributed by atoms with Crippen LogP contribution in [0, 0.1) is 0 Å². The quantitative estimate of drug-likeness (QED) is 0.0407. The molecule has 0 fully saturated rings. The van der Waals surface area contributed by atoms with E-state index in [9.17, 15) is 9.90 Å². The molecule has 0 saturated heterocycles. The van der Waals surface area contributed by atoms with Crippen LogP contribution >= 0.6 is 0 Å². The zero-order valence-corrected chi connectivity index (χ0v) is 31.5. The number of aliphatic hydroxyl groups is 1. The molecule has 1 N–H and O–H groups in total. The van der Waals surface area contributed by atoms with Crippen molar-refractivity contribution in [2.75, 3.05) is 19.8 Å². The normalized spacial score (nSPS) is 12.7. The molecule has 0 aromatic heterocycles. The molecule has 1 unspecified atom stereocenters. The van der Waals surface area contributed by atoms with Gasteiger partial charge in [0.25, 0.3) is 0 Å². The summed E-state index contributed by atoms with van der Waals surface area (Å²) < 4.78 is 11.1. The smallest absolute Gasteiger partial charge is 0.306 e. The van der Waals surface area contributed by atoms with Crippen molar-refractivity contribution in [2.24, 2.45) is 0 Å². The number of hydrogen-bond donors (Lipinski definition) is 1. The lowest BCUT2D eigenvalue weighted by Gasteiger charge is -2.16. The first kappa shape index (κ1) is 45.6. The van der Waals surface area contributed by atoms with E-state index in [1.807, 2.05) is 0 Å². The van der Waals surface area contributed by atoms with Crippen molar-refractivity contribution in [3.05, 3.63) is 36.5 Å². The van der Waals surface area contributed by atoms with Crippen LogP contribution in [0.2, 0.25) is 0 Å². The maximum atomic E-state index is 12.1. The third kappa shape index (κ3) is 38.9. The number of esters is 1. The van der Waals surface area contributed by atoms with Crippen LogP contribution in [0.3, 0.4) is 0 Å². The summed E-state index contributed by atoms with van der Waals surface area (Å²) in [5.74, 6) is -0.203. The third-order valence-corrected chi connectivity index (χ3v) is 8.97. The second kappa shape index (κ2) is 40.8. The van der Waals surface area contributed by atoms with Gasteiger partial charge in [-0.05, 0) is 51.4 Å². The van der Waals surface area contributed by atoms with E-state index < -0.39 is 6.10 Å². The van der Waals surface area contributed by atoms with Crippen molar-refractivity contribution in [3.63, 3.8) is 0 Å². The van der Waals surface area contributed by atoms with Crippen LogP contribution in [0.1, 0.15) is 206 Å². The lowest BCUT2D eigenvalue weighted by atomic mass is 10.1. The third-order valence-electron chi connectivity index (χ3n) is 8.97. The molecule has 0 heterocycles. The monoisotopic (exact) mass is 661 g/mol. The van der Waals surface area contributed by atoms with Crippen molar-refractivity contribution < 1.29 is 19.4 Å². The predicted molar refractivity (Wildman–Crippen MR) is 205 cm³/mol. The molecular weight excluding hydrogens is 580 g/mol. The molecule has 47 heavy (non-hydrogen) atoms. The van der Waals surface area contributed by atoms with Gasteiger partial charge < -0.3 is 14.6 Å². The molecule has 0 aromatic carbocycles. The zero-order valence-electron chi connectivity index (χ0n) is 31.5. The van der Waals surface area contributed by atoms with E-state index >= 15 is 0 Å². The maximum absolute atomic E-state index is 12.1. The highest BCUT2D eigenvalue weighted by atomic mass is 16.6.